The van der Waals surface area contributed by atoms with Crippen molar-refractivity contribution in [3.8, 4) is 0 Å². The van der Waals surface area contributed by atoms with Crippen LogP contribution in [0.4, 0.5) is 0 Å². The molecule has 17 heavy (non-hydrogen) atoms. The second-order valence-corrected chi connectivity index (χ2v) is 5.21. The van der Waals surface area contributed by atoms with Crippen LogP contribution < -0.4 is 5.56 Å². The lowest BCUT2D eigenvalue weighted by Gasteiger charge is -2.06. The molecule has 0 saturated carbocycles. The monoisotopic (exact) mass is 313 g/mol. The summed E-state index contributed by atoms with van der Waals surface area (Å²) in [6.45, 7) is 0.754. The quantitative estimate of drug-likeness (QED) is 0.749. The summed E-state index contributed by atoms with van der Waals surface area (Å²) in [5, 5.41) is 0.728. The minimum absolute atomic E-state index is 0.0686. The highest BCUT2D eigenvalue weighted by Crippen LogP contribution is 2.22. The zero-order chi connectivity index (χ0) is 12.0. The van der Waals surface area contributed by atoms with Crippen molar-refractivity contribution in [2.24, 2.45) is 0 Å². The van der Waals surface area contributed by atoms with Gasteiger partial charge in [0.05, 0.1) is 24.5 Å². The molecule has 1 aliphatic heterocycles. The normalized spacial score (nSPS) is 14.2. The van der Waals surface area contributed by atoms with Gasteiger partial charge in [-0.15, -0.1) is 11.8 Å². The smallest absolute Gasteiger partial charge is 0.263 e. The maximum atomic E-state index is 12.2. The molecule has 1 aliphatic rings. The van der Waals surface area contributed by atoms with Gasteiger partial charge in [-0.25, -0.2) is 9.97 Å². The third kappa shape index (κ3) is 1.69. The molecule has 0 fully saturated rings. The minimum Gasteiger partial charge on any atom is -0.370 e. The zero-order valence-electron chi connectivity index (χ0n) is 8.94. The highest BCUT2D eigenvalue weighted by atomic mass is 79.9. The van der Waals surface area contributed by atoms with Crippen molar-refractivity contribution in [2.75, 3.05) is 6.26 Å². The molecule has 0 aliphatic carbocycles. The first-order chi connectivity index (χ1) is 8.20. The number of aromatic nitrogens is 3. The van der Waals surface area contributed by atoms with Gasteiger partial charge in [-0.05, 0) is 22.2 Å². The summed E-state index contributed by atoms with van der Waals surface area (Å²) in [6.07, 6.45) is 3.55. The van der Waals surface area contributed by atoms with E-state index in [1.807, 2.05) is 6.26 Å². The van der Waals surface area contributed by atoms with E-state index in [1.165, 1.54) is 16.2 Å². The number of hydrogen-bond acceptors (Lipinski definition) is 5. The molecule has 0 spiro atoms. The van der Waals surface area contributed by atoms with Gasteiger partial charge in [0.15, 0.2) is 5.65 Å². The number of nitrogens with zero attached hydrogens (tertiary/aromatic N) is 3. The molecule has 2 aromatic heterocycles. The van der Waals surface area contributed by atoms with Crippen molar-refractivity contribution in [3.05, 3.63) is 32.4 Å². The number of halogens is 1. The molecular weight excluding hydrogens is 306 g/mol. The molecular formula is C10H8BrN3O2S. The standard InChI is InChI=1S/C10H8BrN3O2S/c1-17-9-8-12-6-4-16-3-5(6)10(15)14(8)2-7(11)13-9/h2H,3-4H2,1H3. The van der Waals surface area contributed by atoms with Gasteiger partial charge in [-0.1, -0.05) is 0 Å². The molecule has 3 rings (SSSR count). The van der Waals surface area contributed by atoms with Crippen LogP contribution in [0.1, 0.15) is 11.3 Å². The number of rotatable bonds is 1. The first-order valence-electron chi connectivity index (χ1n) is 4.93. The number of hydrogen-bond donors (Lipinski definition) is 0. The summed E-state index contributed by atoms with van der Waals surface area (Å²) in [6, 6.07) is 0. The Kier molecular flexibility index (Phi) is 2.68. The fourth-order valence-electron chi connectivity index (χ4n) is 1.82. The SMILES string of the molecule is CSc1nc(Br)cn2c(=O)c3c(nc12)COC3. The number of ether oxygens (including phenoxy) is 1. The summed E-state index contributed by atoms with van der Waals surface area (Å²) in [7, 11) is 0. The van der Waals surface area contributed by atoms with Crippen molar-refractivity contribution >= 4 is 33.3 Å². The molecule has 5 nitrogen and oxygen atoms in total. The Morgan fingerprint density at radius 3 is 3.06 bits per heavy atom. The first kappa shape index (κ1) is 11.2. The summed E-state index contributed by atoms with van der Waals surface area (Å²) in [5.41, 5.74) is 1.90. The Morgan fingerprint density at radius 1 is 1.47 bits per heavy atom. The van der Waals surface area contributed by atoms with Crippen LogP contribution >= 0.6 is 27.7 Å². The molecule has 0 saturated heterocycles. The molecule has 2 aromatic rings. The molecule has 0 unspecified atom stereocenters. The van der Waals surface area contributed by atoms with E-state index in [0.717, 1.165) is 10.7 Å². The van der Waals surface area contributed by atoms with Crippen LogP contribution in [-0.2, 0) is 18.0 Å². The van der Waals surface area contributed by atoms with Crippen molar-refractivity contribution in [3.63, 3.8) is 0 Å². The lowest BCUT2D eigenvalue weighted by atomic mass is 10.3. The summed E-state index contributed by atoms with van der Waals surface area (Å²) in [5.74, 6) is 0. The Labute approximate surface area is 109 Å². The van der Waals surface area contributed by atoms with E-state index >= 15 is 0 Å². The predicted molar refractivity (Wildman–Crippen MR) is 67.2 cm³/mol. The van der Waals surface area contributed by atoms with Gasteiger partial charge < -0.3 is 4.74 Å². The molecule has 88 valence electrons. The van der Waals surface area contributed by atoms with Crippen molar-refractivity contribution < 1.29 is 4.74 Å². The Hall–Kier alpha value is -0.920. The van der Waals surface area contributed by atoms with E-state index < -0.39 is 0 Å². The summed E-state index contributed by atoms with van der Waals surface area (Å²) < 4.78 is 7.40. The van der Waals surface area contributed by atoms with Gasteiger partial charge in [-0.2, -0.15) is 0 Å². The van der Waals surface area contributed by atoms with Crippen LogP contribution in [-0.4, -0.2) is 20.6 Å². The Morgan fingerprint density at radius 2 is 2.29 bits per heavy atom. The topological polar surface area (TPSA) is 56.5 Å². The number of thioether (sulfide) groups is 1. The second-order valence-electron chi connectivity index (χ2n) is 3.60. The summed E-state index contributed by atoms with van der Waals surface area (Å²) >= 11 is 4.76. The molecule has 0 bridgehead atoms. The Bertz CT molecular complexity index is 671. The van der Waals surface area contributed by atoms with Crippen LogP contribution in [0, 0.1) is 0 Å². The molecule has 0 radical (unpaired) electrons. The maximum Gasteiger partial charge on any atom is 0.263 e. The highest BCUT2D eigenvalue weighted by molar-refractivity contribution is 9.10. The molecule has 7 heteroatoms. The highest BCUT2D eigenvalue weighted by Gasteiger charge is 2.20. The third-order valence-electron chi connectivity index (χ3n) is 2.61. The van der Waals surface area contributed by atoms with Gasteiger partial charge in [0.25, 0.3) is 5.56 Å². The van der Waals surface area contributed by atoms with Gasteiger partial charge in [-0.3, -0.25) is 9.20 Å². The van der Waals surface area contributed by atoms with Crippen molar-refractivity contribution in [1.29, 1.82) is 0 Å². The van der Waals surface area contributed by atoms with Crippen LogP contribution in [0.25, 0.3) is 5.65 Å². The first-order valence-corrected chi connectivity index (χ1v) is 6.95. The average Bonchev–Trinajstić information content (AvgIpc) is 2.78. The lowest BCUT2D eigenvalue weighted by Crippen LogP contribution is -2.20. The van der Waals surface area contributed by atoms with Crippen molar-refractivity contribution in [2.45, 2.75) is 18.2 Å². The van der Waals surface area contributed by atoms with E-state index in [0.29, 0.717) is 29.0 Å². The fourth-order valence-corrected chi connectivity index (χ4v) is 2.83. The van der Waals surface area contributed by atoms with Gasteiger partial charge in [0.2, 0.25) is 0 Å². The molecule has 0 atom stereocenters. The van der Waals surface area contributed by atoms with Crippen molar-refractivity contribution in [1.82, 2.24) is 14.4 Å². The van der Waals surface area contributed by atoms with Crippen LogP contribution in [0.2, 0.25) is 0 Å². The van der Waals surface area contributed by atoms with Crippen LogP contribution in [0.3, 0.4) is 0 Å². The predicted octanol–water partition coefficient (Wildman–Crippen LogP) is 1.60. The van der Waals surface area contributed by atoms with E-state index in [9.17, 15) is 4.79 Å². The van der Waals surface area contributed by atoms with Crippen LogP contribution in [0.15, 0.2) is 20.6 Å². The largest absolute Gasteiger partial charge is 0.370 e. The van der Waals surface area contributed by atoms with E-state index in [2.05, 4.69) is 25.9 Å². The summed E-state index contributed by atoms with van der Waals surface area (Å²) in [4.78, 5) is 21.0. The third-order valence-corrected chi connectivity index (χ3v) is 3.65. The maximum absolute atomic E-state index is 12.2. The zero-order valence-corrected chi connectivity index (χ0v) is 11.3. The number of fused-ring (bicyclic) bond motifs is 2. The second kappa shape index (κ2) is 4.08. The average molecular weight is 314 g/mol. The van der Waals surface area contributed by atoms with E-state index in [-0.39, 0.29) is 5.56 Å². The fraction of sp³-hybridized carbons (Fsp3) is 0.300. The van der Waals surface area contributed by atoms with E-state index in [1.54, 1.807) is 6.20 Å². The Balaban J connectivity index is 2.47. The molecule has 0 amide bonds. The lowest BCUT2D eigenvalue weighted by molar-refractivity contribution is 0.133. The molecule has 0 N–H and O–H groups in total. The minimum atomic E-state index is -0.0686. The van der Waals surface area contributed by atoms with Gasteiger partial charge in [0.1, 0.15) is 9.63 Å². The van der Waals surface area contributed by atoms with Gasteiger partial charge >= 0.3 is 0 Å². The molecule has 0 aromatic carbocycles. The molecule has 3 heterocycles. The van der Waals surface area contributed by atoms with Crippen LogP contribution in [0.5, 0.6) is 0 Å². The van der Waals surface area contributed by atoms with E-state index in [4.69, 9.17) is 4.74 Å². The van der Waals surface area contributed by atoms with Gasteiger partial charge in [0, 0.05) is 6.20 Å².